The molecule has 104 valence electrons. The van der Waals surface area contributed by atoms with Gasteiger partial charge in [0.05, 0.1) is 6.54 Å². The molecule has 0 bridgehead atoms. The molecule has 0 spiro atoms. The third kappa shape index (κ3) is 6.64. The SMILES string of the molecule is CCNC(=NCCNC(C)(C)C)NC1CC=CC1. The van der Waals surface area contributed by atoms with Gasteiger partial charge in [-0.1, -0.05) is 12.2 Å². The van der Waals surface area contributed by atoms with Gasteiger partial charge in [-0.05, 0) is 40.5 Å². The molecule has 0 atom stereocenters. The van der Waals surface area contributed by atoms with Gasteiger partial charge in [-0.2, -0.15) is 0 Å². The zero-order valence-corrected chi connectivity index (χ0v) is 12.2. The third-order valence-electron chi connectivity index (χ3n) is 2.73. The molecule has 1 aliphatic rings. The first-order chi connectivity index (χ1) is 8.51. The average Bonchev–Trinajstić information content (AvgIpc) is 2.76. The van der Waals surface area contributed by atoms with Crippen molar-refractivity contribution in [1.82, 2.24) is 16.0 Å². The molecule has 0 amide bonds. The molecule has 1 rings (SSSR count). The number of hydrogen-bond donors (Lipinski definition) is 3. The summed E-state index contributed by atoms with van der Waals surface area (Å²) < 4.78 is 0. The molecule has 0 aliphatic heterocycles. The molecule has 0 saturated carbocycles. The van der Waals surface area contributed by atoms with E-state index in [0.717, 1.165) is 38.4 Å². The average molecular weight is 252 g/mol. The molecule has 18 heavy (non-hydrogen) atoms. The lowest BCUT2D eigenvalue weighted by molar-refractivity contribution is 0.432. The lowest BCUT2D eigenvalue weighted by Gasteiger charge is -2.20. The van der Waals surface area contributed by atoms with Gasteiger partial charge in [0.2, 0.25) is 0 Å². The minimum absolute atomic E-state index is 0.163. The second-order valence-electron chi connectivity index (χ2n) is 5.72. The highest BCUT2D eigenvalue weighted by atomic mass is 15.2. The highest BCUT2D eigenvalue weighted by molar-refractivity contribution is 5.80. The zero-order valence-electron chi connectivity index (χ0n) is 12.2. The number of nitrogens with zero attached hydrogens (tertiary/aromatic N) is 1. The van der Waals surface area contributed by atoms with Crippen molar-refractivity contribution in [2.75, 3.05) is 19.6 Å². The Labute approximate surface area is 111 Å². The van der Waals surface area contributed by atoms with Crippen molar-refractivity contribution in [3.05, 3.63) is 12.2 Å². The molecular weight excluding hydrogens is 224 g/mol. The van der Waals surface area contributed by atoms with Crippen LogP contribution in [0.5, 0.6) is 0 Å². The predicted molar refractivity (Wildman–Crippen MR) is 79.0 cm³/mol. The van der Waals surface area contributed by atoms with Crippen molar-refractivity contribution < 1.29 is 0 Å². The van der Waals surface area contributed by atoms with Crippen LogP contribution in [0.3, 0.4) is 0 Å². The van der Waals surface area contributed by atoms with E-state index in [1.807, 2.05) is 0 Å². The zero-order chi connectivity index (χ0) is 13.4. The van der Waals surface area contributed by atoms with E-state index < -0.39 is 0 Å². The molecule has 4 heteroatoms. The Balaban J connectivity index is 2.30. The first kappa shape index (κ1) is 15.0. The summed E-state index contributed by atoms with van der Waals surface area (Å²) in [6.45, 7) is 11.2. The van der Waals surface area contributed by atoms with Gasteiger partial charge in [0.15, 0.2) is 5.96 Å². The molecule has 0 aromatic rings. The molecule has 0 unspecified atom stereocenters. The van der Waals surface area contributed by atoms with Gasteiger partial charge in [0.1, 0.15) is 0 Å². The molecule has 0 aromatic carbocycles. The number of guanidine groups is 1. The predicted octanol–water partition coefficient (Wildman–Crippen LogP) is 1.65. The van der Waals surface area contributed by atoms with Gasteiger partial charge in [0, 0.05) is 24.7 Å². The Morgan fingerprint density at radius 1 is 1.28 bits per heavy atom. The van der Waals surface area contributed by atoms with Gasteiger partial charge in [-0.15, -0.1) is 0 Å². The minimum atomic E-state index is 0.163. The van der Waals surface area contributed by atoms with E-state index in [1.165, 1.54) is 0 Å². The normalized spacial score (nSPS) is 17.2. The lowest BCUT2D eigenvalue weighted by atomic mass is 10.1. The van der Waals surface area contributed by atoms with Gasteiger partial charge in [-0.3, -0.25) is 4.99 Å². The van der Waals surface area contributed by atoms with Crippen molar-refractivity contribution in [2.45, 2.75) is 52.1 Å². The van der Waals surface area contributed by atoms with E-state index in [4.69, 9.17) is 0 Å². The van der Waals surface area contributed by atoms with Crippen LogP contribution in [0, 0.1) is 0 Å². The fourth-order valence-electron chi connectivity index (χ4n) is 1.85. The van der Waals surface area contributed by atoms with E-state index in [2.05, 4.69) is 60.8 Å². The lowest BCUT2D eigenvalue weighted by Crippen LogP contribution is -2.43. The first-order valence-corrected chi connectivity index (χ1v) is 6.96. The number of rotatable bonds is 5. The summed E-state index contributed by atoms with van der Waals surface area (Å²) in [5, 5.41) is 10.2. The van der Waals surface area contributed by atoms with Crippen molar-refractivity contribution in [2.24, 2.45) is 4.99 Å². The van der Waals surface area contributed by atoms with Crippen LogP contribution in [0.2, 0.25) is 0 Å². The number of aliphatic imine (C=N–C) groups is 1. The smallest absolute Gasteiger partial charge is 0.191 e. The van der Waals surface area contributed by atoms with E-state index in [0.29, 0.717) is 6.04 Å². The Hall–Kier alpha value is -1.03. The Kier molecular flexibility index (Phi) is 6.19. The highest BCUT2D eigenvalue weighted by Crippen LogP contribution is 2.08. The molecule has 0 heterocycles. The van der Waals surface area contributed by atoms with Crippen LogP contribution < -0.4 is 16.0 Å². The summed E-state index contributed by atoms with van der Waals surface area (Å²) in [6.07, 6.45) is 6.65. The van der Waals surface area contributed by atoms with Gasteiger partial charge in [-0.25, -0.2) is 0 Å². The van der Waals surface area contributed by atoms with Crippen molar-refractivity contribution in [3.8, 4) is 0 Å². The van der Waals surface area contributed by atoms with E-state index in [1.54, 1.807) is 0 Å². The third-order valence-corrected chi connectivity index (χ3v) is 2.73. The maximum atomic E-state index is 4.58. The van der Waals surface area contributed by atoms with Crippen LogP contribution in [0.1, 0.15) is 40.5 Å². The van der Waals surface area contributed by atoms with Crippen LogP contribution in [0.25, 0.3) is 0 Å². The Bertz CT molecular complexity index is 281. The summed E-state index contributed by atoms with van der Waals surface area (Å²) in [5.74, 6) is 0.932. The molecule has 3 N–H and O–H groups in total. The van der Waals surface area contributed by atoms with Crippen LogP contribution in [0.15, 0.2) is 17.1 Å². The standard InChI is InChI=1S/C14H28N4/c1-5-15-13(18-12-8-6-7-9-12)16-10-11-17-14(2,3)4/h6-7,12,17H,5,8-11H2,1-4H3,(H2,15,16,18). The van der Waals surface area contributed by atoms with E-state index in [-0.39, 0.29) is 5.54 Å². The van der Waals surface area contributed by atoms with Gasteiger partial charge in [0.25, 0.3) is 0 Å². The number of nitrogens with one attached hydrogen (secondary N) is 3. The van der Waals surface area contributed by atoms with Crippen LogP contribution in [-0.4, -0.2) is 37.2 Å². The Morgan fingerprint density at radius 2 is 1.94 bits per heavy atom. The largest absolute Gasteiger partial charge is 0.357 e. The molecule has 0 aromatic heterocycles. The molecule has 4 nitrogen and oxygen atoms in total. The summed E-state index contributed by atoms with van der Waals surface area (Å²) in [5.41, 5.74) is 0.163. The van der Waals surface area contributed by atoms with Crippen molar-refractivity contribution >= 4 is 5.96 Å². The molecule has 0 fully saturated rings. The molecular formula is C14H28N4. The van der Waals surface area contributed by atoms with E-state index >= 15 is 0 Å². The molecule has 0 saturated heterocycles. The fraction of sp³-hybridized carbons (Fsp3) is 0.786. The summed E-state index contributed by atoms with van der Waals surface area (Å²) in [6, 6.07) is 0.512. The van der Waals surface area contributed by atoms with Crippen LogP contribution in [-0.2, 0) is 0 Å². The number of hydrogen-bond acceptors (Lipinski definition) is 2. The maximum Gasteiger partial charge on any atom is 0.191 e. The minimum Gasteiger partial charge on any atom is -0.357 e. The van der Waals surface area contributed by atoms with Crippen molar-refractivity contribution in [3.63, 3.8) is 0 Å². The Morgan fingerprint density at radius 3 is 2.50 bits per heavy atom. The van der Waals surface area contributed by atoms with Gasteiger partial charge < -0.3 is 16.0 Å². The van der Waals surface area contributed by atoms with Crippen LogP contribution >= 0.6 is 0 Å². The monoisotopic (exact) mass is 252 g/mol. The first-order valence-electron chi connectivity index (χ1n) is 6.96. The molecule has 1 aliphatic carbocycles. The quantitative estimate of drug-likeness (QED) is 0.302. The summed E-state index contributed by atoms with van der Waals surface area (Å²) >= 11 is 0. The fourth-order valence-corrected chi connectivity index (χ4v) is 1.85. The second kappa shape index (κ2) is 7.41. The molecule has 0 radical (unpaired) electrons. The highest BCUT2D eigenvalue weighted by Gasteiger charge is 2.11. The van der Waals surface area contributed by atoms with E-state index in [9.17, 15) is 0 Å². The van der Waals surface area contributed by atoms with Crippen molar-refractivity contribution in [1.29, 1.82) is 0 Å². The van der Waals surface area contributed by atoms with Crippen LogP contribution in [0.4, 0.5) is 0 Å². The van der Waals surface area contributed by atoms with Gasteiger partial charge >= 0.3 is 0 Å². The maximum absolute atomic E-state index is 4.58. The topological polar surface area (TPSA) is 48.5 Å². The summed E-state index contributed by atoms with van der Waals surface area (Å²) in [7, 11) is 0. The summed E-state index contributed by atoms with van der Waals surface area (Å²) in [4.78, 5) is 4.58. The second-order valence-corrected chi connectivity index (χ2v) is 5.72.